The third-order valence-corrected chi connectivity index (χ3v) is 4.46. The first kappa shape index (κ1) is 16.8. The lowest BCUT2D eigenvalue weighted by molar-refractivity contribution is -0.384. The summed E-state index contributed by atoms with van der Waals surface area (Å²) in [4.78, 5) is 27.1. The van der Waals surface area contributed by atoms with Crippen molar-refractivity contribution in [3.8, 4) is 0 Å². The van der Waals surface area contributed by atoms with Crippen LogP contribution in [0.3, 0.4) is 0 Å². The highest BCUT2D eigenvalue weighted by molar-refractivity contribution is 5.96. The molecule has 1 amide bonds. The molecule has 1 fully saturated rings. The molecular formula is C18H20N4O3. The molecule has 130 valence electrons. The molecule has 1 saturated heterocycles. The second-order valence-electron chi connectivity index (χ2n) is 6.13. The number of carbonyl (C=O) groups is 1. The van der Waals surface area contributed by atoms with Gasteiger partial charge in [0.05, 0.1) is 4.92 Å². The van der Waals surface area contributed by atoms with Crippen LogP contribution in [-0.4, -0.2) is 41.9 Å². The third kappa shape index (κ3) is 3.55. The molecule has 0 radical (unpaired) electrons. The van der Waals surface area contributed by atoms with Crippen molar-refractivity contribution < 1.29 is 9.72 Å². The second-order valence-corrected chi connectivity index (χ2v) is 6.13. The van der Waals surface area contributed by atoms with Gasteiger partial charge in [0.1, 0.15) is 0 Å². The summed E-state index contributed by atoms with van der Waals surface area (Å²) in [6.07, 6.45) is 0. The summed E-state index contributed by atoms with van der Waals surface area (Å²) in [5.41, 5.74) is 8.78. The van der Waals surface area contributed by atoms with Gasteiger partial charge in [0.25, 0.3) is 11.6 Å². The molecule has 0 unspecified atom stereocenters. The molecule has 0 aromatic heterocycles. The topological polar surface area (TPSA) is 92.7 Å². The van der Waals surface area contributed by atoms with Crippen LogP contribution in [0.2, 0.25) is 0 Å². The van der Waals surface area contributed by atoms with Crippen LogP contribution in [0.25, 0.3) is 0 Å². The number of nitrogens with two attached hydrogens (primary N) is 1. The lowest BCUT2D eigenvalue weighted by atomic mass is 10.1. The molecule has 0 aliphatic carbocycles. The highest BCUT2D eigenvalue weighted by Gasteiger charge is 2.24. The monoisotopic (exact) mass is 340 g/mol. The van der Waals surface area contributed by atoms with Crippen LogP contribution in [0.1, 0.15) is 15.9 Å². The molecule has 2 N–H and O–H groups in total. The van der Waals surface area contributed by atoms with Crippen LogP contribution in [0.4, 0.5) is 17.1 Å². The molecule has 25 heavy (non-hydrogen) atoms. The first-order chi connectivity index (χ1) is 12.0. The predicted molar refractivity (Wildman–Crippen MR) is 96.8 cm³/mol. The highest BCUT2D eigenvalue weighted by atomic mass is 16.6. The van der Waals surface area contributed by atoms with Crippen LogP contribution in [0.5, 0.6) is 0 Å². The fourth-order valence-electron chi connectivity index (χ4n) is 3.01. The van der Waals surface area contributed by atoms with Gasteiger partial charge in [-0.3, -0.25) is 14.9 Å². The number of hydrogen-bond acceptors (Lipinski definition) is 5. The van der Waals surface area contributed by atoms with Gasteiger partial charge in [0.15, 0.2) is 0 Å². The Labute approximate surface area is 145 Å². The minimum atomic E-state index is -0.397. The number of amides is 1. The predicted octanol–water partition coefficient (Wildman–Crippen LogP) is 2.45. The van der Waals surface area contributed by atoms with Gasteiger partial charge in [0, 0.05) is 55.2 Å². The van der Waals surface area contributed by atoms with Crippen molar-refractivity contribution in [3.05, 3.63) is 63.7 Å². The number of aryl methyl sites for hydroxylation is 1. The van der Waals surface area contributed by atoms with Crippen LogP contribution >= 0.6 is 0 Å². The highest BCUT2D eigenvalue weighted by Crippen LogP contribution is 2.23. The van der Waals surface area contributed by atoms with Crippen LogP contribution in [0.15, 0.2) is 42.5 Å². The molecular weight excluding hydrogens is 320 g/mol. The lowest BCUT2D eigenvalue weighted by Gasteiger charge is -2.36. The summed E-state index contributed by atoms with van der Waals surface area (Å²) >= 11 is 0. The number of non-ortho nitro benzene ring substituents is 1. The molecule has 1 aliphatic heterocycles. The molecule has 0 saturated carbocycles. The average molecular weight is 340 g/mol. The Balaban J connectivity index is 1.69. The standard InChI is InChI=1S/C18H20N4O3/c1-13-5-6-14(19)11-17(13)18(23)21-9-7-20(8-10-21)15-3-2-4-16(12-15)22(24)25/h2-6,11-12H,7-10,19H2,1H3. The number of rotatable bonds is 3. The number of nitro groups is 1. The average Bonchev–Trinajstić information content (AvgIpc) is 2.63. The summed E-state index contributed by atoms with van der Waals surface area (Å²) < 4.78 is 0. The summed E-state index contributed by atoms with van der Waals surface area (Å²) in [5, 5.41) is 10.9. The number of hydrogen-bond donors (Lipinski definition) is 1. The van der Waals surface area contributed by atoms with E-state index in [1.54, 1.807) is 29.2 Å². The van der Waals surface area contributed by atoms with Crippen molar-refractivity contribution in [2.75, 3.05) is 36.8 Å². The van der Waals surface area contributed by atoms with Crippen molar-refractivity contribution in [3.63, 3.8) is 0 Å². The molecule has 1 aliphatic rings. The number of benzene rings is 2. The quantitative estimate of drug-likeness (QED) is 0.526. The number of nitrogens with zero attached hydrogens (tertiary/aromatic N) is 3. The smallest absolute Gasteiger partial charge is 0.271 e. The molecule has 0 spiro atoms. The van der Waals surface area contributed by atoms with E-state index in [9.17, 15) is 14.9 Å². The van der Waals surface area contributed by atoms with Gasteiger partial charge < -0.3 is 15.5 Å². The maximum Gasteiger partial charge on any atom is 0.271 e. The Morgan fingerprint density at radius 3 is 2.52 bits per heavy atom. The van der Waals surface area contributed by atoms with Crippen molar-refractivity contribution >= 4 is 23.0 Å². The largest absolute Gasteiger partial charge is 0.399 e. The number of nitrogen functional groups attached to an aromatic ring is 1. The third-order valence-electron chi connectivity index (χ3n) is 4.46. The summed E-state index contributed by atoms with van der Waals surface area (Å²) in [5.74, 6) is -0.0245. The number of piperazine rings is 1. The van der Waals surface area contributed by atoms with Crippen LogP contribution < -0.4 is 10.6 Å². The van der Waals surface area contributed by atoms with E-state index in [4.69, 9.17) is 5.73 Å². The van der Waals surface area contributed by atoms with E-state index in [0.717, 1.165) is 11.3 Å². The zero-order chi connectivity index (χ0) is 18.0. The zero-order valence-electron chi connectivity index (χ0n) is 14.0. The Kier molecular flexibility index (Phi) is 4.56. The fraction of sp³-hybridized carbons (Fsp3) is 0.278. The van der Waals surface area contributed by atoms with Gasteiger partial charge in [-0.1, -0.05) is 12.1 Å². The number of carbonyl (C=O) groups excluding carboxylic acids is 1. The van der Waals surface area contributed by atoms with Crippen molar-refractivity contribution in [1.82, 2.24) is 4.90 Å². The van der Waals surface area contributed by atoms with Gasteiger partial charge in [-0.2, -0.15) is 0 Å². The summed E-state index contributed by atoms with van der Waals surface area (Å²) in [6, 6.07) is 11.9. The van der Waals surface area contributed by atoms with E-state index in [1.165, 1.54) is 6.07 Å². The minimum absolute atomic E-state index is 0.0245. The van der Waals surface area contributed by atoms with E-state index in [2.05, 4.69) is 4.90 Å². The molecule has 7 nitrogen and oxygen atoms in total. The molecule has 1 heterocycles. The second kappa shape index (κ2) is 6.80. The maximum absolute atomic E-state index is 12.7. The molecule has 7 heteroatoms. The van der Waals surface area contributed by atoms with Crippen molar-refractivity contribution in [2.24, 2.45) is 0 Å². The van der Waals surface area contributed by atoms with Crippen LogP contribution in [0, 0.1) is 17.0 Å². The molecule has 0 atom stereocenters. The van der Waals surface area contributed by atoms with E-state index in [0.29, 0.717) is 37.4 Å². The lowest BCUT2D eigenvalue weighted by Crippen LogP contribution is -2.49. The van der Waals surface area contributed by atoms with E-state index >= 15 is 0 Å². The SMILES string of the molecule is Cc1ccc(N)cc1C(=O)N1CCN(c2cccc([N+](=O)[O-])c2)CC1. The Bertz CT molecular complexity index is 814. The molecule has 2 aromatic carbocycles. The summed E-state index contributed by atoms with van der Waals surface area (Å²) in [7, 11) is 0. The Morgan fingerprint density at radius 2 is 1.84 bits per heavy atom. The Hall–Kier alpha value is -3.09. The number of nitro benzene ring substituents is 1. The normalized spacial score (nSPS) is 14.4. The molecule has 0 bridgehead atoms. The first-order valence-electron chi connectivity index (χ1n) is 8.10. The first-order valence-corrected chi connectivity index (χ1v) is 8.10. The minimum Gasteiger partial charge on any atom is -0.399 e. The van der Waals surface area contributed by atoms with Gasteiger partial charge in [-0.25, -0.2) is 0 Å². The van der Waals surface area contributed by atoms with Crippen LogP contribution in [-0.2, 0) is 0 Å². The van der Waals surface area contributed by atoms with Crippen molar-refractivity contribution in [2.45, 2.75) is 6.92 Å². The zero-order valence-corrected chi connectivity index (χ0v) is 14.0. The van der Waals surface area contributed by atoms with E-state index in [-0.39, 0.29) is 11.6 Å². The maximum atomic E-state index is 12.7. The summed E-state index contributed by atoms with van der Waals surface area (Å²) in [6.45, 7) is 4.29. The Morgan fingerprint density at radius 1 is 1.12 bits per heavy atom. The van der Waals surface area contributed by atoms with E-state index in [1.807, 2.05) is 19.1 Å². The molecule has 3 rings (SSSR count). The fourth-order valence-corrected chi connectivity index (χ4v) is 3.01. The van der Waals surface area contributed by atoms with Gasteiger partial charge in [0.2, 0.25) is 0 Å². The number of anilines is 2. The molecule has 2 aromatic rings. The van der Waals surface area contributed by atoms with Crippen molar-refractivity contribution in [1.29, 1.82) is 0 Å². The van der Waals surface area contributed by atoms with Gasteiger partial charge in [-0.15, -0.1) is 0 Å². The van der Waals surface area contributed by atoms with Gasteiger partial charge >= 0.3 is 0 Å². The van der Waals surface area contributed by atoms with E-state index < -0.39 is 4.92 Å². The van der Waals surface area contributed by atoms with Gasteiger partial charge in [-0.05, 0) is 30.7 Å².